The van der Waals surface area contributed by atoms with E-state index < -0.39 is 0 Å². The second-order valence-corrected chi connectivity index (χ2v) is 6.94. The third-order valence-electron chi connectivity index (χ3n) is 4.52. The van der Waals surface area contributed by atoms with Crippen molar-refractivity contribution in [1.29, 1.82) is 0 Å². The maximum absolute atomic E-state index is 9.56. The van der Waals surface area contributed by atoms with E-state index in [4.69, 9.17) is 0 Å². The Balaban J connectivity index is 1.90. The van der Waals surface area contributed by atoms with Crippen LogP contribution < -0.4 is 0 Å². The molecule has 0 aromatic heterocycles. The molecule has 2 heteroatoms. The van der Waals surface area contributed by atoms with Crippen molar-refractivity contribution in [3.05, 3.63) is 83.9 Å². The maximum Gasteiger partial charge on any atom is 0.115 e. The number of phenolic OH excluding ortho intramolecular Hbond substituents is 2. The van der Waals surface area contributed by atoms with Gasteiger partial charge in [-0.05, 0) is 58.9 Å². The number of benzene rings is 3. The first-order valence-corrected chi connectivity index (χ1v) is 8.71. The third-order valence-corrected chi connectivity index (χ3v) is 4.52. The molecule has 0 aliphatic rings. The Kier molecular flexibility index (Phi) is 5.08. The molecular weight excluding hydrogens is 308 g/mol. The normalized spacial score (nSPS) is 12.3. The first kappa shape index (κ1) is 17.1. The molecule has 25 heavy (non-hydrogen) atoms. The molecule has 0 aliphatic heterocycles. The molecule has 3 aromatic carbocycles. The Morgan fingerprint density at radius 2 is 0.960 bits per heavy atom. The van der Waals surface area contributed by atoms with Gasteiger partial charge >= 0.3 is 0 Å². The average molecular weight is 332 g/mol. The van der Waals surface area contributed by atoms with Crippen molar-refractivity contribution in [1.82, 2.24) is 0 Å². The Morgan fingerprint density at radius 3 is 1.40 bits per heavy atom. The van der Waals surface area contributed by atoms with Gasteiger partial charge in [-0.15, -0.1) is 0 Å². The van der Waals surface area contributed by atoms with Crippen molar-refractivity contribution in [2.45, 2.75) is 26.2 Å². The molecule has 0 saturated carbocycles. The molecular formula is C23H24O2. The highest BCUT2D eigenvalue weighted by molar-refractivity contribution is 5.64. The summed E-state index contributed by atoms with van der Waals surface area (Å²) >= 11 is 0. The minimum absolute atomic E-state index is 0.282. The SMILES string of the molecule is CC(C)CC(c1ccc(O)cc1)c1ccc(-c2ccc(O)cc2)cc1. The molecule has 2 N–H and O–H groups in total. The van der Waals surface area contributed by atoms with Crippen molar-refractivity contribution in [3.63, 3.8) is 0 Å². The molecule has 1 unspecified atom stereocenters. The largest absolute Gasteiger partial charge is 0.508 e. The van der Waals surface area contributed by atoms with Gasteiger partial charge in [0.15, 0.2) is 0 Å². The third kappa shape index (κ3) is 4.21. The smallest absolute Gasteiger partial charge is 0.115 e. The molecule has 128 valence electrons. The van der Waals surface area contributed by atoms with E-state index in [2.05, 4.69) is 38.1 Å². The van der Waals surface area contributed by atoms with E-state index in [1.807, 2.05) is 24.3 Å². The summed E-state index contributed by atoms with van der Waals surface area (Å²) in [6, 6.07) is 23.4. The number of hydrogen-bond acceptors (Lipinski definition) is 2. The van der Waals surface area contributed by atoms with E-state index in [0.29, 0.717) is 17.6 Å². The monoisotopic (exact) mass is 332 g/mol. The lowest BCUT2D eigenvalue weighted by Gasteiger charge is -2.20. The zero-order chi connectivity index (χ0) is 17.8. The van der Waals surface area contributed by atoms with Crippen LogP contribution in [0.5, 0.6) is 11.5 Å². The van der Waals surface area contributed by atoms with Crippen molar-refractivity contribution in [3.8, 4) is 22.6 Å². The van der Waals surface area contributed by atoms with Crippen LogP contribution in [0.2, 0.25) is 0 Å². The molecule has 0 amide bonds. The highest BCUT2D eigenvalue weighted by atomic mass is 16.3. The summed E-state index contributed by atoms with van der Waals surface area (Å²) in [5.41, 5.74) is 4.73. The van der Waals surface area contributed by atoms with Crippen LogP contribution in [0.15, 0.2) is 72.8 Å². The van der Waals surface area contributed by atoms with Crippen molar-refractivity contribution < 1.29 is 10.2 Å². The molecule has 0 radical (unpaired) electrons. The van der Waals surface area contributed by atoms with Crippen molar-refractivity contribution in [2.24, 2.45) is 5.92 Å². The first-order chi connectivity index (χ1) is 12.0. The van der Waals surface area contributed by atoms with Crippen molar-refractivity contribution >= 4 is 0 Å². The van der Waals surface area contributed by atoms with Gasteiger partial charge in [0.05, 0.1) is 0 Å². The summed E-state index contributed by atoms with van der Waals surface area (Å²) in [5.74, 6) is 1.48. The summed E-state index contributed by atoms with van der Waals surface area (Å²) in [6.07, 6.45) is 1.06. The van der Waals surface area contributed by atoms with E-state index in [-0.39, 0.29) is 5.75 Å². The molecule has 0 fully saturated rings. The topological polar surface area (TPSA) is 40.5 Å². The zero-order valence-electron chi connectivity index (χ0n) is 14.7. The van der Waals surface area contributed by atoms with Gasteiger partial charge in [0.25, 0.3) is 0 Å². The van der Waals surface area contributed by atoms with Gasteiger partial charge in [-0.3, -0.25) is 0 Å². The number of rotatable bonds is 5. The molecule has 0 heterocycles. The van der Waals surface area contributed by atoms with Crippen LogP contribution in [0.4, 0.5) is 0 Å². The van der Waals surface area contributed by atoms with Gasteiger partial charge in [0.2, 0.25) is 0 Å². The highest BCUT2D eigenvalue weighted by Crippen LogP contribution is 2.33. The fourth-order valence-electron chi connectivity index (χ4n) is 3.20. The Bertz CT molecular complexity index is 800. The summed E-state index contributed by atoms with van der Waals surface area (Å²) < 4.78 is 0. The standard InChI is InChI=1S/C23H24O2/c1-16(2)15-23(20-9-13-22(25)14-10-20)19-5-3-17(4-6-19)18-7-11-21(24)12-8-18/h3-14,16,23-25H,15H2,1-2H3. The molecule has 3 rings (SSSR count). The maximum atomic E-state index is 9.56. The van der Waals surface area contributed by atoms with Gasteiger partial charge in [-0.2, -0.15) is 0 Å². The predicted molar refractivity (Wildman–Crippen MR) is 103 cm³/mol. The second kappa shape index (κ2) is 7.43. The predicted octanol–water partition coefficient (Wildman–Crippen LogP) is 5.94. The van der Waals surface area contributed by atoms with Gasteiger partial charge in [0.1, 0.15) is 11.5 Å². The lowest BCUT2D eigenvalue weighted by Crippen LogP contribution is -2.05. The zero-order valence-corrected chi connectivity index (χ0v) is 14.7. The lowest BCUT2D eigenvalue weighted by atomic mass is 9.84. The van der Waals surface area contributed by atoms with E-state index >= 15 is 0 Å². The molecule has 1 atom stereocenters. The summed E-state index contributed by atoms with van der Waals surface area (Å²) in [7, 11) is 0. The molecule has 0 spiro atoms. The number of hydrogen-bond donors (Lipinski definition) is 2. The molecule has 0 bridgehead atoms. The Morgan fingerprint density at radius 1 is 0.600 bits per heavy atom. The van der Waals surface area contributed by atoms with Crippen LogP contribution in [0.1, 0.15) is 37.3 Å². The number of aromatic hydroxyl groups is 2. The van der Waals surface area contributed by atoms with E-state index in [1.165, 1.54) is 11.1 Å². The second-order valence-electron chi connectivity index (χ2n) is 6.94. The fourth-order valence-corrected chi connectivity index (χ4v) is 3.20. The summed E-state index contributed by atoms with van der Waals surface area (Å²) in [5, 5.41) is 19.0. The average Bonchev–Trinajstić information content (AvgIpc) is 2.61. The van der Waals surface area contributed by atoms with E-state index in [0.717, 1.165) is 17.5 Å². The van der Waals surface area contributed by atoms with Gasteiger partial charge in [-0.1, -0.05) is 62.4 Å². The van der Waals surface area contributed by atoms with Crippen LogP contribution in [0.3, 0.4) is 0 Å². The minimum atomic E-state index is 0.282. The van der Waals surface area contributed by atoms with Gasteiger partial charge in [-0.25, -0.2) is 0 Å². The van der Waals surface area contributed by atoms with Crippen LogP contribution in [0.25, 0.3) is 11.1 Å². The molecule has 0 saturated heterocycles. The lowest BCUT2D eigenvalue weighted by molar-refractivity contribution is 0.474. The minimum Gasteiger partial charge on any atom is -0.508 e. The van der Waals surface area contributed by atoms with Crippen LogP contribution in [-0.2, 0) is 0 Å². The Labute approximate surface area is 149 Å². The number of phenols is 2. The van der Waals surface area contributed by atoms with Crippen LogP contribution >= 0.6 is 0 Å². The molecule has 3 aromatic rings. The van der Waals surface area contributed by atoms with Crippen LogP contribution in [-0.4, -0.2) is 10.2 Å². The van der Waals surface area contributed by atoms with Gasteiger partial charge < -0.3 is 10.2 Å². The quantitative estimate of drug-likeness (QED) is 0.607. The Hall–Kier alpha value is -2.74. The highest BCUT2D eigenvalue weighted by Gasteiger charge is 2.16. The van der Waals surface area contributed by atoms with Crippen LogP contribution in [0, 0.1) is 5.92 Å². The fraction of sp³-hybridized carbons (Fsp3) is 0.217. The molecule has 0 aliphatic carbocycles. The van der Waals surface area contributed by atoms with E-state index in [9.17, 15) is 10.2 Å². The summed E-state index contributed by atoms with van der Waals surface area (Å²) in [6.45, 7) is 4.47. The molecule has 2 nitrogen and oxygen atoms in total. The summed E-state index contributed by atoms with van der Waals surface area (Å²) in [4.78, 5) is 0. The first-order valence-electron chi connectivity index (χ1n) is 8.71. The van der Waals surface area contributed by atoms with E-state index in [1.54, 1.807) is 24.3 Å². The van der Waals surface area contributed by atoms with Crippen molar-refractivity contribution in [2.75, 3.05) is 0 Å². The van der Waals surface area contributed by atoms with Gasteiger partial charge in [0, 0.05) is 5.92 Å².